The maximum Gasteiger partial charge on any atom is 0.186 e. The first-order valence-electron chi connectivity index (χ1n) is 10.1. The van der Waals surface area contributed by atoms with Crippen molar-refractivity contribution in [2.24, 2.45) is 5.10 Å². The molecule has 7 nitrogen and oxygen atoms in total. The molecule has 1 aliphatic rings. The predicted octanol–water partition coefficient (Wildman–Crippen LogP) is 4.71. The number of aryl methyl sites for hydroxylation is 2. The first-order chi connectivity index (χ1) is 15.2. The molecular weight excluding hydrogens is 428 g/mol. The van der Waals surface area contributed by atoms with Crippen LogP contribution in [-0.4, -0.2) is 47.5 Å². The molecule has 4 heterocycles. The first kappa shape index (κ1) is 20.0. The van der Waals surface area contributed by atoms with Gasteiger partial charge in [0.05, 0.1) is 35.4 Å². The maximum absolute atomic E-state index is 5.49. The number of thiazole rings is 1. The highest BCUT2D eigenvalue weighted by Gasteiger charge is 2.19. The Balaban J connectivity index is 1.47. The summed E-state index contributed by atoms with van der Waals surface area (Å²) in [6.07, 6.45) is 3.42. The Morgan fingerprint density at radius 1 is 1.10 bits per heavy atom. The van der Waals surface area contributed by atoms with Crippen LogP contribution < -0.4 is 10.3 Å². The van der Waals surface area contributed by atoms with E-state index >= 15 is 0 Å². The minimum atomic E-state index is 0.724. The maximum atomic E-state index is 5.49. The van der Waals surface area contributed by atoms with Crippen LogP contribution in [0.1, 0.15) is 15.3 Å². The summed E-state index contributed by atoms with van der Waals surface area (Å²) in [7, 11) is 0. The van der Waals surface area contributed by atoms with Crippen molar-refractivity contribution in [2.75, 3.05) is 36.6 Å². The number of ether oxygens (including phenoxy) is 1. The van der Waals surface area contributed by atoms with E-state index in [0.717, 1.165) is 63.6 Å². The van der Waals surface area contributed by atoms with Crippen LogP contribution in [0.5, 0.6) is 0 Å². The zero-order valence-electron chi connectivity index (χ0n) is 17.3. The van der Waals surface area contributed by atoms with Gasteiger partial charge >= 0.3 is 0 Å². The molecule has 1 N–H and O–H groups in total. The number of thiophene rings is 1. The summed E-state index contributed by atoms with van der Waals surface area (Å²) < 4.78 is 5.49. The number of rotatable bonds is 5. The molecule has 0 atom stereocenters. The topological polar surface area (TPSA) is 75.5 Å². The molecule has 0 saturated carbocycles. The van der Waals surface area contributed by atoms with Crippen LogP contribution in [-0.2, 0) is 4.74 Å². The molecule has 5 rings (SSSR count). The molecule has 9 heteroatoms. The summed E-state index contributed by atoms with van der Waals surface area (Å²) in [6, 6.07) is 10.2. The Bertz CT molecular complexity index is 1230. The zero-order valence-corrected chi connectivity index (χ0v) is 19.0. The van der Waals surface area contributed by atoms with Crippen LogP contribution in [0.25, 0.3) is 21.5 Å². The number of fused-ring (bicyclic) bond motifs is 1. The molecule has 1 saturated heterocycles. The number of morpholine rings is 1. The number of benzene rings is 1. The number of nitrogens with zero attached hydrogens (tertiary/aromatic N) is 5. The van der Waals surface area contributed by atoms with Crippen molar-refractivity contribution in [3.8, 4) is 11.3 Å². The summed E-state index contributed by atoms with van der Waals surface area (Å²) in [5, 5.41) is 6.55. The fourth-order valence-electron chi connectivity index (χ4n) is 3.52. The normalized spacial score (nSPS) is 14.6. The van der Waals surface area contributed by atoms with E-state index in [9.17, 15) is 0 Å². The summed E-state index contributed by atoms with van der Waals surface area (Å²) in [5.41, 5.74) is 6.33. The second-order valence-corrected chi connectivity index (χ2v) is 9.44. The molecule has 3 aromatic heterocycles. The molecule has 1 fully saturated rings. The van der Waals surface area contributed by atoms with Crippen LogP contribution in [0.3, 0.4) is 0 Å². The van der Waals surface area contributed by atoms with Gasteiger partial charge in [-0.3, -0.25) is 5.43 Å². The van der Waals surface area contributed by atoms with Crippen LogP contribution in [0.2, 0.25) is 0 Å². The average Bonchev–Trinajstić information content (AvgIpc) is 3.36. The van der Waals surface area contributed by atoms with E-state index in [-0.39, 0.29) is 0 Å². The Morgan fingerprint density at radius 2 is 1.90 bits per heavy atom. The number of hydrogen-bond donors (Lipinski definition) is 1. The minimum absolute atomic E-state index is 0.724. The van der Waals surface area contributed by atoms with Gasteiger partial charge in [0.15, 0.2) is 10.9 Å². The zero-order chi connectivity index (χ0) is 21.2. The molecule has 0 spiro atoms. The molecular formula is C22H22N6OS2. The van der Waals surface area contributed by atoms with Gasteiger partial charge in [-0.1, -0.05) is 41.7 Å². The van der Waals surface area contributed by atoms with Crippen LogP contribution in [0.15, 0.2) is 41.8 Å². The Morgan fingerprint density at radius 3 is 2.71 bits per heavy atom. The lowest BCUT2D eigenvalue weighted by Crippen LogP contribution is -2.36. The standard InChI is InChI=1S/C22H22N6OS2/c1-14-15(2)30-21-18(14)20(23-13-24-21)27-25-12-17-19(16-6-4-3-5-7-16)26-22(31-17)28-8-10-29-11-9-28/h3-7,12-13H,8-11H2,1-2H3,(H,23,24,27). The molecule has 0 amide bonds. The number of anilines is 2. The minimum Gasteiger partial charge on any atom is -0.378 e. The van der Waals surface area contributed by atoms with Gasteiger partial charge in [0, 0.05) is 23.5 Å². The quantitative estimate of drug-likeness (QED) is 0.350. The molecule has 158 valence electrons. The van der Waals surface area contributed by atoms with E-state index < -0.39 is 0 Å². The SMILES string of the molecule is Cc1sc2ncnc(NN=Cc3sc(N4CCOCC4)nc3-c3ccccc3)c2c1C. The fraction of sp³-hybridized carbons (Fsp3) is 0.273. The summed E-state index contributed by atoms with van der Waals surface area (Å²) >= 11 is 3.32. The lowest BCUT2D eigenvalue weighted by Gasteiger charge is -2.26. The van der Waals surface area contributed by atoms with Gasteiger partial charge in [0.1, 0.15) is 11.2 Å². The lowest BCUT2D eigenvalue weighted by molar-refractivity contribution is 0.122. The van der Waals surface area contributed by atoms with Crippen LogP contribution >= 0.6 is 22.7 Å². The highest BCUT2D eigenvalue weighted by atomic mass is 32.1. The Hall–Kier alpha value is -2.88. The Kier molecular flexibility index (Phi) is 5.63. The van der Waals surface area contributed by atoms with Gasteiger partial charge in [0.2, 0.25) is 0 Å². The summed E-state index contributed by atoms with van der Waals surface area (Å²) in [5.74, 6) is 0.724. The van der Waals surface area contributed by atoms with Gasteiger partial charge in [0.25, 0.3) is 0 Å². The third kappa shape index (κ3) is 4.04. The molecule has 0 unspecified atom stereocenters. The molecule has 1 aliphatic heterocycles. The van der Waals surface area contributed by atoms with E-state index in [2.05, 4.69) is 51.4 Å². The number of aromatic nitrogens is 3. The van der Waals surface area contributed by atoms with E-state index in [1.165, 1.54) is 10.4 Å². The highest BCUT2D eigenvalue weighted by molar-refractivity contribution is 7.19. The molecule has 1 aromatic carbocycles. The van der Waals surface area contributed by atoms with Gasteiger partial charge < -0.3 is 9.64 Å². The number of hydrazone groups is 1. The van der Waals surface area contributed by atoms with Crippen LogP contribution in [0.4, 0.5) is 10.9 Å². The average molecular weight is 451 g/mol. The lowest BCUT2D eigenvalue weighted by atomic mass is 10.1. The second kappa shape index (κ2) is 8.70. The molecule has 0 aliphatic carbocycles. The predicted molar refractivity (Wildman–Crippen MR) is 129 cm³/mol. The van der Waals surface area contributed by atoms with Crippen molar-refractivity contribution in [1.82, 2.24) is 15.0 Å². The fourth-order valence-corrected chi connectivity index (χ4v) is 5.53. The van der Waals surface area contributed by atoms with Gasteiger partial charge in [-0.15, -0.1) is 11.3 Å². The largest absolute Gasteiger partial charge is 0.378 e. The smallest absolute Gasteiger partial charge is 0.186 e. The van der Waals surface area contributed by atoms with Gasteiger partial charge in [-0.05, 0) is 19.4 Å². The molecule has 4 aromatic rings. The van der Waals surface area contributed by atoms with Crippen molar-refractivity contribution in [3.63, 3.8) is 0 Å². The Labute approximate surface area is 188 Å². The van der Waals surface area contributed by atoms with Gasteiger partial charge in [-0.2, -0.15) is 5.10 Å². The van der Waals surface area contributed by atoms with E-state index in [1.807, 2.05) is 24.4 Å². The van der Waals surface area contributed by atoms with Crippen molar-refractivity contribution in [1.29, 1.82) is 0 Å². The number of hydrogen-bond acceptors (Lipinski definition) is 9. The van der Waals surface area contributed by atoms with E-state index in [1.54, 1.807) is 29.0 Å². The van der Waals surface area contributed by atoms with Gasteiger partial charge in [-0.25, -0.2) is 15.0 Å². The first-order valence-corrected chi connectivity index (χ1v) is 11.7. The monoisotopic (exact) mass is 450 g/mol. The number of nitrogens with one attached hydrogen (secondary N) is 1. The van der Waals surface area contributed by atoms with E-state index in [0.29, 0.717) is 0 Å². The third-order valence-electron chi connectivity index (χ3n) is 5.29. The molecule has 31 heavy (non-hydrogen) atoms. The van der Waals surface area contributed by atoms with Crippen LogP contribution in [0, 0.1) is 13.8 Å². The van der Waals surface area contributed by atoms with Crippen molar-refractivity contribution in [3.05, 3.63) is 52.0 Å². The van der Waals surface area contributed by atoms with E-state index in [4.69, 9.17) is 9.72 Å². The van der Waals surface area contributed by atoms with Crippen molar-refractivity contribution < 1.29 is 4.74 Å². The second-order valence-electron chi connectivity index (χ2n) is 7.23. The third-order valence-corrected chi connectivity index (χ3v) is 7.45. The summed E-state index contributed by atoms with van der Waals surface area (Å²) in [6.45, 7) is 7.37. The van der Waals surface area contributed by atoms with Crippen molar-refractivity contribution >= 4 is 50.1 Å². The summed E-state index contributed by atoms with van der Waals surface area (Å²) in [4.78, 5) is 19.2. The molecule has 0 radical (unpaired) electrons. The highest BCUT2D eigenvalue weighted by Crippen LogP contribution is 2.34. The van der Waals surface area contributed by atoms with Crippen molar-refractivity contribution in [2.45, 2.75) is 13.8 Å². The molecule has 0 bridgehead atoms.